The van der Waals surface area contributed by atoms with Gasteiger partial charge in [-0.25, -0.2) is 4.79 Å². The molecule has 1 N–H and O–H groups in total. The molecule has 86 valence electrons. The minimum Gasteiger partial charge on any atom is -0.336 e. The molecule has 0 atom stereocenters. The highest BCUT2D eigenvalue weighted by Crippen LogP contribution is 2.38. The van der Waals surface area contributed by atoms with Crippen LogP contribution in [0.3, 0.4) is 0 Å². The normalized spacial score (nSPS) is 26.8. The Morgan fingerprint density at radius 3 is 2.60 bits per heavy atom. The van der Waals surface area contributed by atoms with Crippen molar-refractivity contribution < 1.29 is 4.79 Å². The lowest BCUT2D eigenvalue weighted by atomic mass is 9.73. The lowest BCUT2D eigenvalue weighted by molar-refractivity contribution is 0.158. The van der Waals surface area contributed by atoms with Crippen molar-refractivity contribution in [3.8, 4) is 0 Å². The molecule has 0 unspecified atom stereocenters. The molecule has 0 spiro atoms. The first kappa shape index (κ1) is 10.8. The Labute approximate surface area is 92.2 Å². The van der Waals surface area contributed by atoms with Crippen molar-refractivity contribution in [2.24, 2.45) is 11.3 Å². The van der Waals surface area contributed by atoms with Crippen LogP contribution in [0.2, 0.25) is 0 Å². The molecule has 1 saturated heterocycles. The molecule has 1 aliphatic carbocycles. The SMILES string of the molecule is CC1(C)CCC(CN2CCNC2=O)CC1. The maximum atomic E-state index is 11.4. The van der Waals surface area contributed by atoms with Crippen molar-refractivity contribution >= 4 is 6.03 Å². The van der Waals surface area contributed by atoms with Crippen LogP contribution >= 0.6 is 0 Å². The van der Waals surface area contributed by atoms with Crippen LogP contribution in [0.1, 0.15) is 39.5 Å². The summed E-state index contributed by atoms with van der Waals surface area (Å²) in [5, 5.41) is 2.86. The first-order valence-corrected chi connectivity index (χ1v) is 6.10. The number of amides is 2. The monoisotopic (exact) mass is 210 g/mol. The lowest BCUT2D eigenvalue weighted by Gasteiger charge is -2.35. The Hall–Kier alpha value is -0.730. The molecule has 3 heteroatoms. The standard InChI is InChI=1S/C12H22N2O/c1-12(2)5-3-10(4-6-12)9-14-8-7-13-11(14)15/h10H,3-9H2,1-2H3,(H,13,15). The quantitative estimate of drug-likeness (QED) is 0.744. The van der Waals surface area contributed by atoms with Gasteiger partial charge in [0.15, 0.2) is 0 Å². The summed E-state index contributed by atoms with van der Waals surface area (Å²) in [6.45, 7) is 7.41. The molecule has 2 rings (SSSR count). The van der Waals surface area contributed by atoms with Gasteiger partial charge in [-0.2, -0.15) is 0 Å². The number of rotatable bonds is 2. The van der Waals surface area contributed by atoms with Gasteiger partial charge in [-0.15, -0.1) is 0 Å². The highest BCUT2D eigenvalue weighted by atomic mass is 16.2. The summed E-state index contributed by atoms with van der Waals surface area (Å²) >= 11 is 0. The van der Waals surface area contributed by atoms with E-state index in [4.69, 9.17) is 0 Å². The second kappa shape index (κ2) is 4.03. The van der Waals surface area contributed by atoms with Crippen molar-refractivity contribution in [2.45, 2.75) is 39.5 Å². The minimum absolute atomic E-state index is 0.139. The molecule has 0 aromatic carbocycles. The fourth-order valence-corrected chi connectivity index (χ4v) is 2.64. The average Bonchev–Trinajstić information content (AvgIpc) is 2.56. The van der Waals surface area contributed by atoms with E-state index < -0.39 is 0 Å². The third-order valence-corrected chi connectivity index (χ3v) is 3.88. The third kappa shape index (κ3) is 2.64. The van der Waals surface area contributed by atoms with E-state index >= 15 is 0 Å². The van der Waals surface area contributed by atoms with Gasteiger partial charge in [-0.05, 0) is 37.0 Å². The van der Waals surface area contributed by atoms with E-state index in [1.165, 1.54) is 25.7 Å². The molecule has 1 heterocycles. The Morgan fingerprint density at radius 2 is 2.07 bits per heavy atom. The second-order valence-corrected chi connectivity index (χ2v) is 5.79. The Balaban J connectivity index is 1.79. The van der Waals surface area contributed by atoms with Gasteiger partial charge in [-0.1, -0.05) is 13.8 Å². The number of nitrogens with one attached hydrogen (secondary N) is 1. The van der Waals surface area contributed by atoms with Gasteiger partial charge in [0.25, 0.3) is 0 Å². The zero-order valence-electron chi connectivity index (χ0n) is 9.88. The van der Waals surface area contributed by atoms with Crippen molar-refractivity contribution in [3.63, 3.8) is 0 Å². The molecule has 2 amide bonds. The minimum atomic E-state index is 0.139. The molecular formula is C12H22N2O. The van der Waals surface area contributed by atoms with Crippen LogP contribution in [0.5, 0.6) is 0 Å². The van der Waals surface area contributed by atoms with Crippen LogP contribution in [0.25, 0.3) is 0 Å². The molecule has 0 aromatic rings. The first-order valence-electron chi connectivity index (χ1n) is 6.10. The van der Waals surface area contributed by atoms with Crippen molar-refractivity contribution in [1.29, 1.82) is 0 Å². The maximum Gasteiger partial charge on any atom is 0.317 e. The average molecular weight is 210 g/mol. The molecule has 0 bridgehead atoms. The predicted molar refractivity (Wildman–Crippen MR) is 60.7 cm³/mol. The number of nitrogens with zero attached hydrogens (tertiary/aromatic N) is 1. The molecule has 15 heavy (non-hydrogen) atoms. The van der Waals surface area contributed by atoms with E-state index in [2.05, 4.69) is 19.2 Å². The Kier molecular flexibility index (Phi) is 2.89. The summed E-state index contributed by atoms with van der Waals surface area (Å²) in [6, 6.07) is 0.139. The van der Waals surface area contributed by atoms with Crippen LogP contribution in [-0.4, -0.2) is 30.6 Å². The van der Waals surface area contributed by atoms with Gasteiger partial charge in [0.2, 0.25) is 0 Å². The van der Waals surface area contributed by atoms with Crippen molar-refractivity contribution in [1.82, 2.24) is 10.2 Å². The number of hydrogen-bond donors (Lipinski definition) is 1. The summed E-state index contributed by atoms with van der Waals surface area (Å²) in [6.07, 6.45) is 5.20. The fraction of sp³-hybridized carbons (Fsp3) is 0.917. The van der Waals surface area contributed by atoms with Gasteiger partial charge in [0.05, 0.1) is 0 Å². The molecule has 2 fully saturated rings. The fourth-order valence-electron chi connectivity index (χ4n) is 2.64. The van der Waals surface area contributed by atoms with Crippen LogP contribution in [0, 0.1) is 11.3 Å². The van der Waals surface area contributed by atoms with Crippen molar-refractivity contribution in [2.75, 3.05) is 19.6 Å². The number of carbonyl (C=O) groups is 1. The Morgan fingerprint density at radius 1 is 1.40 bits per heavy atom. The van der Waals surface area contributed by atoms with Crippen LogP contribution in [-0.2, 0) is 0 Å². The highest BCUT2D eigenvalue weighted by Gasteiger charge is 2.29. The molecule has 2 aliphatic rings. The van der Waals surface area contributed by atoms with E-state index in [0.717, 1.165) is 25.6 Å². The van der Waals surface area contributed by atoms with Gasteiger partial charge in [-0.3, -0.25) is 0 Å². The van der Waals surface area contributed by atoms with E-state index in [0.29, 0.717) is 5.41 Å². The molecule has 0 radical (unpaired) electrons. The van der Waals surface area contributed by atoms with Crippen LogP contribution in [0.15, 0.2) is 0 Å². The van der Waals surface area contributed by atoms with Gasteiger partial charge >= 0.3 is 6.03 Å². The van der Waals surface area contributed by atoms with Gasteiger partial charge in [0, 0.05) is 19.6 Å². The second-order valence-electron chi connectivity index (χ2n) is 5.79. The molecule has 1 saturated carbocycles. The number of hydrogen-bond acceptors (Lipinski definition) is 1. The highest BCUT2D eigenvalue weighted by molar-refractivity contribution is 5.76. The van der Waals surface area contributed by atoms with Gasteiger partial charge < -0.3 is 10.2 Å². The smallest absolute Gasteiger partial charge is 0.317 e. The zero-order chi connectivity index (χ0) is 10.9. The maximum absolute atomic E-state index is 11.4. The summed E-state index contributed by atoms with van der Waals surface area (Å²) in [5.41, 5.74) is 0.532. The topological polar surface area (TPSA) is 32.3 Å². The first-order chi connectivity index (χ1) is 7.07. The Bertz CT molecular complexity index is 240. The van der Waals surface area contributed by atoms with E-state index in [9.17, 15) is 4.79 Å². The molecule has 0 aromatic heterocycles. The zero-order valence-corrected chi connectivity index (χ0v) is 9.88. The summed E-state index contributed by atoms with van der Waals surface area (Å²) in [5.74, 6) is 0.738. The largest absolute Gasteiger partial charge is 0.336 e. The number of urea groups is 1. The number of carbonyl (C=O) groups excluding carboxylic acids is 1. The molecule has 1 aliphatic heterocycles. The van der Waals surface area contributed by atoms with E-state index in [-0.39, 0.29) is 6.03 Å². The van der Waals surface area contributed by atoms with Crippen LogP contribution < -0.4 is 5.32 Å². The van der Waals surface area contributed by atoms with Crippen LogP contribution in [0.4, 0.5) is 4.79 Å². The summed E-state index contributed by atoms with van der Waals surface area (Å²) in [7, 11) is 0. The van der Waals surface area contributed by atoms with Gasteiger partial charge in [0.1, 0.15) is 0 Å². The lowest BCUT2D eigenvalue weighted by Crippen LogP contribution is -2.35. The van der Waals surface area contributed by atoms with E-state index in [1.54, 1.807) is 0 Å². The summed E-state index contributed by atoms with van der Waals surface area (Å²) < 4.78 is 0. The predicted octanol–water partition coefficient (Wildman–Crippen LogP) is 2.23. The molecular weight excluding hydrogens is 188 g/mol. The van der Waals surface area contributed by atoms with E-state index in [1.807, 2.05) is 4.90 Å². The summed E-state index contributed by atoms with van der Waals surface area (Å²) in [4.78, 5) is 13.4. The van der Waals surface area contributed by atoms with Crippen molar-refractivity contribution in [3.05, 3.63) is 0 Å². The third-order valence-electron chi connectivity index (χ3n) is 3.88. The molecule has 3 nitrogen and oxygen atoms in total.